The number of carbonyl (C=O) groups is 2. The minimum Gasteiger partial charge on any atom is -0.274 e. The Bertz CT molecular complexity index is 850. The van der Waals surface area contributed by atoms with Crippen molar-refractivity contribution in [2.75, 3.05) is 0 Å². The molecule has 2 N–H and O–H groups in total. The zero-order valence-electron chi connectivity index (χ0n) is 9.65. The minimum atomic E-state index is -1.36. The second-order valence-corrected chi connectivity index (χ2v) is 3.57. The predicted octanol–water partition coefficient (Wildman–Crippen LogP) is -2.63. The molecule has 0 aliphatic carbocycles. The second kappa shape index (κ2) is 4.76. The molecular formula is C10H6N4O6. The first-order valence-corrected chi connectivity index (χ1v) is 5.13. The molecule has 0 spiro atoms. The van der Waals surface area contributed by atoms with Gasteiger partial charge < -0.3 is 0 Å². The van der Waals surface area contributed by atoms with Crippen molar-refractivity contribution in [2.24, 2.45) is 0 Å². The summed E-state index contributed by atoms with van der Waals surface area (Å²) in [6.07, 6.45) is 1.61. The van der Waals surface area contributed by atoms with Crippen LogP contribution in [0, 0.1) is 0 Å². The van der Waals surface area contributed by atoms with E-state index in [1.807, 2.05) is 0 Å². The van der Waals surface area contributed by atoms with Crippen molar-refractivity contribution in [1.29, 1.82) is 0 Å². The van der Waals surface area contributed by atoms with E-state index in [0.29, 0.717) is 9.13 Å². The number of hydrogen-bond donors (Lipinski definition) is 2. The van der Waals surface area contributed by atoms with Gasteiger partial charge in [0, 0.05) is 24.5 Å². The summed E-state index contributed by atoms with van der Waals surface area (Å²) in [6.45, 7) is 0. The van der Waals surface area contributed by atoms with Gasteiger partial charge in [-0.05, 0) is 0 Å². The summed E-state index contributed by atoms with van der Waals surface area (Å²) in [5.41, 5.74) is -3.72. The molecule has 10 nitrogen and oxygen atoms in total. The van der Waals surface area contributed by atoms with E-state index in [1.54, 1.807) is 9.97 Å². The van der Waals surface area contributed by atoms with Crippen LogP contribution in [0.2, 0.25) is 0 Å². The Balaban J connectivity index is 2.51. The highest BCUT2D eigenvalue weighted by Crippen LogP contribution is 1.85. The average Bonchev–Trinajstić information content (AvgIpc) is 2.37. The van der Waals surface area contributed by atoms with E-state index in [1.165, 1.54) is 0 Å². The van der Waals surface area contributed by atoms with E-state index in [9.17, 15) is 28.8 Å². The van der Waals surface area contributed by atoms with Crippen LogP contribution in [0.3, 0.4) is 0 Å². The summed E-state index contributed by atoms with van der Waals surface area (Å²) in [5.74, 6) is -2.72. The number of hydrogen-bond acceptors (Lipinski definition) is 6. The van der Waals surface area contributed by atoms with Gasteiger partial charge in [0.05, 0.1) is 0 Å². The average molecular weight is 278 g/mol. The molecule has 0 radical (unpaired) electrons. The van der Waals surface area contributed by atoms with Gasteiger partial charge in [0.25, 0.3) is 11.1 Å². The SMILES string of the molecule is O=C(C(=O)n1ccc(=O)[nH]c1=O)n1ccc(=O)[nH]c1=O. The Kier molecular flexibility index (Phi) is 3.13. The van der Waals surface area contributed by atoms with E-state index in [2.05, 4.69) is 0 Å². The van der Waals surface area contributed by atoms with Crippen molar-refractivity contribution < 1.29 is 9.59 Å². The highest BCUT2D eigenvalue weighted by molar-refractivity contribution is 6.36. The van der Waals surface area contributed by atoms with E-state index in [0.717, 1.165) is 24.5 Å². The van der Waals surface area contributed by atoms with Crippen LogP contribution in [0.1, 0.15) is 9.59 Å². The lowest BCUT2D eigenvalue weighted by Gasteiger charge is -2.03. The first-order valence-electron chi connectivity index (χ1n) is 5.13. The Hall–Kier alpha value is -3.30. The maximum atomic E-state index is 11.8. The number of aromatic nitrogens is 4. The molecule has 2 aromatic heterocycles. The number of H-pyrrole nitrogens is 2. The van der Waals surface area contributed by atoms with Crippen molar-refractivity contribution >= 4 is 11.8 Å². The lowest BCUT2D eigenvalue weighted by Crippen LogP contribution is -2.42. The quantitative estimate of drug-likeness (QED) is 0.504. The highest BCUT2D eigenvalue weighted by atomic mass is 16.2. The molecule has 10 heteroatoms. The van der Waals surface area contributed by atoms with Crippen molar-refractivity contribution in [3.63, 3.8) is 0 Å². The molecule has 0 saturated heterocycles. The van der Waals surface area contributed by atoms with Crippen LogP contribution < -0.4 is 22.5 Å². The first kappa shape index (κ1) is 13.1. The molecule has 0 aliphatic rings. The summed E-state index contributed by atoms with van der Waals surface area (Å²) in [7, 11) is 0. The third-order valence-corrected chi connectivity index (χ3v) is 2.27. The Morgan fingerprint density at radius 2 is 1.10 bits per heavy atom. The fourth-order valence-corrected chi connectivity index (χ4v) is 1.36. The molecule has 0 bridgehead atoms. The minimum absolute atomic E-state index is 0.335. The predicted molar refractivity (Wildman–Crippen MR) is 63.9 cm³/mol. The maximum absolute atomic E-state index is 11.8. The molecular weight excluding hydrogens is 272 g/mol. The Labute approximate surface area is 107 Å². The van der Waals surface area contributed by atoms with Crippen LogP contribution in [-0.4, -0.2) is 30.9 Å². The molecule has 0 atom stereocenters. The molecule has 102 valence electrons. The molecule has 0 amide bonds. The van der Waals surface area contributed by atoms with Crippen LogP contribution in [0.4, 0.5) is 0 Å². The largest absolute Gasteiger partial charge is 0.335 e. The molecule has 2 rings (SSSR count). The zero-order chi connectivity index (χ0) is 14.9. The lowest BCUT2D eigenvalue weighted by atomic mass is 10.5. The number of carbonyl (C=O) groups excluding carboxylic acids is 2. The molecule has 0 aromatic carbocycles. The fraction of sp³-hybridized carbons (Fsp3) is 0. The van der Waals surface area contributed by atoms with Gasteiger partial charge in [0.2, 0.25) is 0 Å². The van der Waals surface area contributed by atoms with Crippen LogP contribution in [0.5, 0.6) is 0 Å². The normalized spacial score (nSPS) is 10.2. The molecule has 2 aromatic rings. The molecule has 20 heavy (non-hydrogen) atoms. The van der Waals surface area contributed by atoms with Gasteiger partial charge in [-0.1, -0.05) is 0 Å². The third kappa shape index (κ3) is 2.29. The van der Waals surface area contributed by atoms with Gasteiger partial charge in [0.15, 0.2) is 0 Å². The van der Waals surface area contributed by atoms with Gasteiger partial charge in [0.1, 0.15) is 0 Å². The summed E-state index contributed by atoms with van der Waals surface area (Å²) in [6, 6.07) is 1.73. The standard InChI is InChI=1S/C10H6N4O6/c15-5-1-3-13(9(19)11-5)7(17)8(18)14-4-2-6(16)12-10(14)20/h1-4H,(H,11,15,19)(H,12,16,20). The third-order valence-electron chi connectivity index (χ3n) is 2.27. The van der Waals surface area contributed by atoms with Crippen molar-refractivity contribution in [3.8, 4) is 0 Å². The Morgan fingerprint density at radius 3 is 1.40 bits per heavy atom. The van der Waals surface area contributed by atoms with Crippen molar-refractivity contribution in [3.05, 3.63) is 66.2 Å². The van der Waals surface area contributed by atoms with E-state index in [4.69, 9.17) is 0 Å². The van der Waals surface area contributed by atoms with Crippen molar-refractivity contribution in [2.45, 2.75) is 0 Å². The lowest BCUT2D eigenvalue weighted by molar-refractivity contribution is 0.0708. The fourth-order valence-electron chi connectivity index (χ4n) is 1.36. The number of nitrogens with one attached hydrogen (secondary N) is 2. The second-order valence-electron chi connectivity index (χ2n) is 3.57. The topological polar surface area (TPSA) is 144 Å². The number of nitrogens with zero attached hydrogens (tertiary/aromatic N) is 2. The van der Waals surface area contributed by atoms with Crippen LogP contribution in [0.25, 0.3) is 0 Å². The number of aromatic amines is 2. The van der Waals surface area contributed by atoms with E-state index in [-0.39, 0.29) is 0 Å². The van der Waals surface area contributed by atoms with Gasteiger partial charge in [-0.2, -0.15) is 0 Å². The van der Waals surface area contributed by atoms with Gasteiger partial charge >= 0.3 is 23.2 Å². The van der Waals surface area contributed by atoms with Crippen molar-refractivity contribution in [1.82, 2.24) is 19.1 Å². The van der Waals surface area contributed by atoms with E-state index < -0.39 is 34.3 Å². The molecule has 2 heterocycles. The maximum Gasteiger partial charge on any atom is 0.335 e. The summed E-state index contributed by atoms with van der Waals surface area (Å²) in [5, 5.41) is 0. The highest BCUT2D eigenvalue weighted by Gasteiger charge is 2.20. The van der Waals surface area contributed by atoms with Gasteiger partial charge in [-0.15, -0.1) is 0 Å². The molecule has 0 aliphatic heterocycles. The van der Waals surface area contributed by atoms with Crippen LogP contribution in [0.15, 0.2) is 43.7 Å². The van der Waals surface area contributed by atoms with Crippen LogP contribution >= 0.6 is 0 Å². The molecule has 0 unspecified atom stereocenters. The number of rotatable bonds is 0. The van der Waals surface area contributed by atoms with Gasteiger partial charge in [-0.25, -0.2) is 18.7 Å². The monoisotopic (exact) mass is 278 g/mol. The van der Waals surface area contributed by atoms with E-state index >= 15 is 0 Å². The summed E-state index contributed by atoms with van der Waals surface area (Å²) >= 11 is 0. The van der Waals surface area contributed by atoms with Crippen LogP contribution in [-0.2, 0) is 0 Å². The van der Waals surface area contributed by atoms with Gasteiger partial charge in [-0.3, -0.25) is 29.1 Å². The Morgan fingerprint density at radius 1 is 0.750 bits per heavy atom. The summed E-state index contributed by atoms with van der Waals surface area (Å²) < 4.78 is 0.669. The summed E-state index contributed by atoms with van der Waals surface area (Å²) in [4.78, 5) is 71.4. The zero-order valence-corrected chi connectivity index (χ0v) is 9.65. The smallest absolute Gasteiger partial charge is 0.274 e. The molecule has 0 fully saturated rings. The molecule has 0 saturated carbocycles. The first-order chi connectivity index (χ1) is 9.40.